The summed E-state index contributed by atoms with van der Waals surface area (Å²) in [6, 6.07) is 9.11. The predicted molar refractivity (Wildman–Crippen MR) is 89.2 cm³/mol. The zero-order valence-corrected chi connectivity index (χ0v) is 13.1. The van der Waals surface area contributed by atoms with Gasteiger partial charge in [0.1, 0.15) is 5.82 Å². The van der Waals surface area contributed by atoms with Crippen molar-refractivity contribution in [3.63, 3.8) is 0 Å². The molecule has 0 spiro atoms. The van der Waals surface area contributed by atoms with Crippen LogP contribution in [-0.2, 0) is 4.74 Å². The molecule has 1 saturated heterocycles. The Labute approximate surface area is 135 Å². The van der Waals surface area contributed by atoms with Crippen LogP contribution in [0.4, 0.5) is 17.5 Å². The summed E-state index contributed by atoms with van der Waals surface area (Å²) in [5.41, 5.74) is 1.44. The molecule has 1 fully saturated rings. The van der Waals surface area contributed by atoms with Crippen molar-refractivity contribution in [3.05, 3.63) is 42.1 Å². The van der Waals surface area contributed by atoms with E-state index in [0.29, 0.717) is 11.5 Å². The van der Waals surface area contributed by atoms with E-state index < -0.39 is 0 Å². The van der Waals surface area contributed by atoms with Crippen molar-refractivity contribution in [2.24, 2.45) is 0 Å². The largest absolute Gasteiger partial charge is 0.376 e. The maximum atomic E-state index is 11.4. The van der Waals surface area contributed by atoms with Crippen molar-refractivity contribution >= 4 is 23.2 Å². The van der Waals surface area contributed by atoms with Crippen LogP contribution < -0.4 is 10.6 Å². The molecule has 23 heavy (non-hydrogen) atoms. The third-order valence-corrected chi connectivity index (χ3v) is 3.72. The summed E-state index contributed by atoms with van der Waals surface area (Å²) in [6.45, 7) is 3.14. The van der Waals surface area contributed by atoms with E-state index in [0.717, 1.165) is 37.5 Å². The second-order valence-corrected chi connectivity index (χ2v) is 5.54. The van der Waals surface area contributed by atoms with Crippen LogP contribution in [0.3, 0.4) is 0 Å². The molecule has 2 heterocycles. The molecule has 0 saturated carbocycles. The first-order valence-electron chi connectivity index (χ1n) is 7.77. The molecule has 1 unspecified atom stereocenters. The molecule has 2 N–H and O–H groups in total. The summed E-state index contributed by atoms with van der Waals surface area (Å²) in [5, 5.41) is 6.39. The Bertz CT molecular complexity index is 684. The van der Waals surface area contributed by atoms with E-state index in [1.165, 1.54) is 0 Å². The fourth-order valence-corrected chi connectivity index (χ4v) is 2.49. The number of aromatic nitrogens is 2. The van der Waals surface area contributed by atoms with Gasteiger partial charge < -0.3 is 15.4 Å². The van der Waals surface area contributed by atoms with Crippen LogP contribution in [0.1, 0.15) is 30.1 Å². The van der Waals surface area contributed by atoms with Crippen LogP contribution >= 0.6 is 0 Å². The SMILES string of the molecule is CC(=O)c1cccc(Nc2nccc(NCC3CCCO3)n2)c1. The Kier molecular flexibility index (Phi) is 4.83. The van der Waals surface area contributed by atoms with Crippen LogP contribution in [0.15, 0.2) is 36.5 Å². The van der Waals surface area contributed by atoms with Crippen molar-refractivity contribution in [1.82, 2.24) is 9.97 Å². The molecule has 6 heteroatoms. The van der Waals surface area contributed by atoms with E-state index in [1.54, 1.807) is 25.3 Å². The highest BCUT2D eigenvalue weighted by Crippen LogP contribution is 2.17. The summed E-state index contributed by atoms with van der Waals surface area (Å²) in [4.78, 5) is 20.1. The van der Waals surface area contributed by atoms with Gasteiger partial charge in [-0.3, -0.25) is 4.79 Å². The quantitative estimate of drug-likeness (QED) is 0.799. The van der Waals surface area contributed by atoms with E-state index in [2.05, 4.69) is 20.6 Å². The van der Waals surface area contributed by atoms with E-state index in [4.69, 9.17) is 4.74 Å². The van der Waals surface area contributed by atoms with Crippen LogP contribution in [0.25, 0.3) is 0 Å². The van der Waals surface area contributed by atoms with Gasteiger partial charge in [0.05, 0.1) is 6.10 Å². The third-order valence-electron chi connectivity index (χ3n) is 3.72. The Balaban J connectivity index is 1.64. The van der Waals surface area contributed by atoms with E-state index >= 15 is 0 Å². The number of carbonyl (C=O) groups is 1. The van der Waals surface area contributed by atoms with Crippen LogP contribution in [0.2, 0.25) is 0 Å². The first-order valence-corrected chi connectivity index (χ1v) is 7.77. The molecule has 0 bridgehead atoms. The molecule has 6 nitrogen and oxygen atoms in total. The fourth-order valence-electron chi connectivity index (χ4n) is 2.49. The van der Waals surface area contributed by atoms with Gasteiger partial charge in [-0.25, -0.2) is 4.98 Å². The monoisotopic (exact) mass is 312 g/mol. The van der Waals surface area contributed by atoms with Gasteiger partial charge in [0.2, 0.25) is 5.95 Å². The van der Waals surface area contributed by atoms with Gasteiger partial charge in [0.25, 0.3) is 0 Å². The molecule has 120 valence electrons. The van der Waals surface area contributed by atoms with E-state index in [1.807, 2.05) is 18.2 Å². The average molecular weight is 312 g/mol. The maximum Gasteiger partial charge on any atom is 0.229 e. The Hall–Kier alpha value is -2.47. The number of ketones is 1. The summed E-state index contributed by atoms with van der Waals surface area (Å²) >= 11 is 0. The van der Waals surface area contributed by atoms with E-state index in [9.17, 15) is 4.79 Å². The standard InChI is InChI=1S/C17H20N4O2/c1-12(22)13-4-2-5-14(10-13)20-17-18-8-7-16(21-17)19-11-15-6-3-9-23-15/h2,4-5,7-8,10,15H,3,6,9,11H2,1H3,(H2,18,19,20,21). The second kappa shape index (κ2) is 7.19. The van der Waals surface area contributed by atoms with Crippen molar-refractivity contribution < 1.29 is 9.53 Å². The summed E-state index contributed by atoms with van der Waals surface area (Å²) < 4.78 is 5.58. The number of Topliss-reactive ketones (excluding diaryl/α,β-unsaturated/α-hetero) is 1. The summed E-state index contributed by atoms with van der Waals surface area (Å²) in [6.07, 6.45) is 4.16. The number of ether oxygens (including phenoxy) is 1. The number of benzene rings is 1. The number of nitrogens with zero attached hydrogens (tertiary/aromatic N) is 2. The number of rotatable bonds is 6. The molecule has 3 rings (SSSR count). The molecule has 1 aliphatic rings. The van der Waals surface area contributed by atoms with Gasteiger partial charge >= 0.3 is 0 Å². The Morgan fingerprint density at radius 2 is 2.30 bits per heavy atom. The van der Waals surface area contributed by atoms with Crippen LogP contribution in [0.5, 0.6) is 0 Å². The van der Waals surface area contributed by atoms with Crippen LogP contribution in [-0.4, -0.2) is 35.0 Å². The van der Waals surface area contributed by atoms with E-state index in [-0.39, 0.29) is 11.9 Å². The zero-order chi connectivity index (χ0) is 16.1. The number of hydrogen-bond acceptors (Lipinski definition) is 6. The fraction of sp³-hybridized carbons (Fsp3) is 0.353. The Morgan fingerprint density at radius 3 is 3.09 bits per heavy atom. The Morgan fingerprint density at radius 1 is 1.39 bits per heavy atom. The van der Waals surface area contributed by atoms with Crippen molar-refractivity contribution in [2.75, 3.05) is 23.8 Å². The van der Waals surface area contributed by atoms with Gasteiger partial charge in [-0.15, -0.1) is 0 Å². The summed E-state index contributed by atoms with van der Waals surface area (Å²) in [7, 11) is 0. The maximum absolute atomic E-state index is 11.4. The molecule has 1 atom stereocenters. The number of carbonyl (C=O) groups excluding carboxylic acids is 1. The highest BCUT2D eigenvalue weighted by Gasteiger charge is 2.15. The minimum Gasteiger partial charge on any atom is -0.376 e. The highest BCUT2D eigenvalue weighted by molar-refractivity contribution is 5.95. The van der Waals surface area contributed by atoms with Gasteiger partial charge in [-0.05, 0) is 38.0 Å². The smallest absolute Gasteiger partial charge is 0.229 e. The van der Waals surface area contributed by atoms with Crippen LogP contribution in [0, 0.1) is 0 Å². The normalized spacial score (nSPS) is 17.0. The first kappa shape index (κ1) is 15.4. The van der Waals surface area contributed by atoms with Gasteiger partial charge in [-0.2, -0.15) is 4.98 Å². The zero-order valence-electron chi connectivity index (χ0n) is 13.1. The molecule has 1 aliphatic heterocycles. The molecule has 0 aliphatic carbocycles. The molecule has 1 aromatic heterocycles. The lowest BCUT2D eigenvalue weighted by atomic mass is 10.1. The van der Waals surface area contributed by atoms with Gasteiger partial charge in [0.15, 0.2) is 5.78 Å². The lowest BCUT2D eigenvalue weighted by molar-refractivity contribution is 0.101. The lowest BCUT2D eigenvalue weighted by Gasteiger charge is -2.12. The second-order valence-electron chi connectivity index (χ2n) is 5.54. The lowest BCUT2D eigenvalue weighted by Crippen LogP contribution is -2.19. The minimum absolute atomic E-state index is 0.0292. The van der Waals surface area contributed by atoms with Crippen molar-refractivity contribution in [2.45, 2.75) is 25.9 Å². The number of hydrogen-bond donors (Lipinski definition) is 2. The van der Waals surface area contributed by atoms with Crippen molar-refractivity contribution in [3.8, 4) is 0 Å². The topological polar surface area (TPSA) is 76.1 Å². The third kappa shape index (κ3) is 4.26. The molecule has 2 aromatic rings. The molecular formula is C17H20N4O2. The van der Waals surface area contributed by atoms with Gasteiger partial charge in [0, 0.05) is 30.6 Å². The van der Waals surface area contributed by atoms with Gasteiger partial charge in [-0.1, -0.05) is 12.1 Å². The molecule has 0 radical (unpaired) electrons. The predicted octanol–water partition coefficient (Wildman–Crippen LogP) is 3.01. The molecular weight excluding hydrogens is 292 g/mol. The number of anilines is 3. The summed E-state index contributed by atoms with van der Waals surface area (Å²) in [5.74, 6) is 1.27. The minimum atomic E-state index is 0.0292. The number of nitrogens with one attached hydrogen (secondary N) is 2. The highest BCUT2D eigenvalue weighted by atomic mass is 16.5. The molecule has 0 amide bonds. The average Bonchev–Trinajstić information content (AvgIpc) is 3.07. The van der Waals surface area contributed by atoms with Crippen molar-refractivity contribution in [1.29, 1.82) is 0 Å². The molecule has 1 aromatic carbocycles. The first-order chi connectivity index (χ1) is 11.2.